The van der Waals surface area contributed by atoms with Crippen LogP contribution in [0, 0.1) is 19.8 Å². The third kappa shape index (κ3) is 5.30. The van der Waals surface area contributed by atoms with Gasteiger partial charge in [0.25, 0.3) is 5.56 Å². The van der Waals surface area contributed by atoms with E-state index in [1.54, 1.807) is 11.3 Å². The first kappa shape index (κ1) is 23.5. The van der Waals surface area contributed by atoms with E-state index in [4.69, 9.17) is 4.74 Å². The Labute approximate surface area is 201 Å². The third-order valence-corrected chi connectivity index (χ3v) is 7.55. The summed E-state index contributed by atoms with van der Waals surface area (Å²) in [6.45, 7) is 11.6. The lowest BCUT2D eigenvalue weighted by atomic mass is 10.2. The van der Waals surface area contributed by atoms with Crippen molar-refractivity contribution in [3.05, 3.63) is 62.3 Å². The lowest BCUT2D eigenvalue weighted by molar-refractivity contribution is 0.284. The number of nitrogens with zero attached hydrogens (tertiary/aromatic N) is 4. The van der Waals surface area contributed by atoms with Gasteiger partial charge >= 0.3 is 0 Å². The zero-order chi connectivity index (χ0) is 23.5. The summed E-state index contributed by atoms with van der Waals surface area (Å²) in [5, 5.41) is 10.3. The molecular weight excluding hydrogens is 454 g/mol. The highest BCUT2D eigenvalue weighted by Gasteiger charge is 2.17. The maximum Gasteiger partial charge on any atom is 0.259 e. The van der Waals surface area contributed by atoms with Gasteiger partial charge in [0.1, 0.15) is 23.0 Å². The SMILES string of the molecule is CCc1ccc(OCc2nnc(SCc3nc4sc(C)c(C)c4c(=O)[nH]3)n2CC(C)C)cc1. The summed E-state index contributed by atoms with van der Waals surface area (Å²) < 4.78 is 8.08. The number of hydrogen-bond donors (Lipinski definition) is 1. The molecule has 33 heavy (non-hydrogen) atoms. The maximum absolute atomic E-state index is 12.6. The van der Waals surface area contributed by atoms with Gasteiger partial charge in [0.2, 0.25) is 0 Å². The monoisotopic (exact) mass is 483 g/mol. The number of H-pyrrole nitrogens is 1. The second kappa shape index (κ2) is 10.1. The number of rotatable bonds is 9. The molecule has 0 bridgehead atoms. The number of aromatic amines is 1. The van der Waals surface area contributed by atoms with E-state index in [0.29, 0.717) is 29.5 Å². The van der Waals surface area contributed by atoms with Gasteiger partial charge < -0.3 is 14.3 Å². The van der Waals surface area contributed by atoms with Gasteiger partial charge in [-0.05, 0) is 49.4 Å². The van der Waals surface area contributed by atoms with Gasteiger partial charge in [-0.2, -0.15) is 0 Å². The molecule has 174 valence electrons. The minimum absolute atomic E-state index is 0.0794. The third-order valence-electron chi connectivity index (χ3n) is 5.47. The summed E-state index contributed by atoms with van der Waals surface area (Å²) in [4.78, 5) is 22.1. The van der Waals surface area contributed by atoms with E-state index in [1.165, 1.54) is 17.3 Å². The molecule has 4 rings (SSSR count). The Morgan fingerprint density at radius 1 is 1.18 bits per heavy atom. The molecule has 0 fully saturated rings. The van der Waals surface area contributed by atoms with Gasteiger partial charge in [-0.3, -0.25) is 4.79 Å². The zero-order valence-corrected chi connectivity index (χ0v) is 21.3. The Balaban J connectivity index is 1.50. The molecule has 3 heterocycles. The van der Waals surface area contributed by atoms with Crippen LogP contribution in [0.4, 0.5) is 0 Å². The van der Waals surface area contributed by atoms with Crippen molar-refractivity contribution < 1.29 is 4.74 Å². The van der Waals surface area contributed by atoms with E-state index in [-0.39, 0.29) is 5.56 Å². The van der Waals surface area contributed by atoms with Crippen LogP contribution in [0.25, 0.3) is 10.2 Å². The predicted octanol–water partition coefficient (Wildman–Crippen LogP) is 5.28. The number of ether oxygens (including phenoxy) is 1. The summed E-state index contributed by atoms with van der Waals surface area (Å²) in [6.07, 6.45) is 1.00. The first-order valence-corrected chi connectivity index (χ1v) is 12.9. The lowest BCUT2D eigenvalue weighted by Crippen LogP contribution is -2.13. The Morgan fingerprint density at radius 2 is 1.94 bits per heavy atom. The Bertz CT molecular complexity index is 1310. The number of benzene rings is 1. The van der Waals surface area contributed by atoms with Crippen molar-refractivity contribution in [3.8, 4) is 5.75 Å². The van der Waals surface area contributed by atoms with Crippen LogP contribution in [0.2, 0.25) is 0 Å². The second-order valence-electron chi connectivity index (χ2n) is 8.45. The van der Waals surface area contributed by atoms with Crippen LogP contribution >= 0.6 is 23.1 Å². The Morgan fingerprint density at radius 3 is 2.64 bits per heavy atom. The lowest BCUT2D eigenvalue weighted by Gasteiger charge is -2.13. The summed E-state index contributed by atoms with van der Waals surface area (Å²) in [6, 6.07) is 8.14. The fourth-order valence-electron chi connectivity index (χ4n) is 3.55. The highest BCUT2D eigenvalue weighted by atomic mass is 32.2. The molecule has 0 radical (unpaired) electrons. The minimum atomic E-state index is -0.0794. The molecule has 1 aromatic carbocycles. The molecule has 7 nitrogen and oxygen atoms in total. The van der Waals surface area contributed by atoms with Gasteiger partial charge in [0.05, 0.1) is 11.1 Å². The normalized spacial score (nSPS) is 11.6. The van der Waals surface area contributed by atoms with E-state index in [9.17, 15) is 4.79 Å². The predicted molar refractivity (Wildman–Crippen MR) is 134 cm³/mol. The molecule has 0 aliphatic carbocycles. The van der Waals surface area contributed by atoms with Crippen molar-refractivity contribution in [2.45, 2.75) is 65.1 Å². The highest BCUT2D eigenvalue weighted by Crippen LogP contribution is 2.27. The Kier molecular flexibility index (Phi) is 7.19. The van der Waals surface area contributed by atoms with E-state index < -0.39 is 0 Å². The van der Waals surface area contributed by atoms with E-state index in [2.05, 4.69) is 57.6 Å². The van der Waals surface area contributed by atoms with Crippen molar-refractivity contribution in [2.75, 3.05) is 0 Å². The first-order chi connectivity index (χ1) is 15.9. The van der Waals surface area contributed by atoms with Gasteiger partial charge in [-0.1, -0.05) is 44.7 Å². The average molecular weight is 484 g/mol. The van der Waals surface area contributed by atoms with Gasteiger partial charge in [0.15, 0.2) is 11.0 Å². The van der Waals surface area contributed by atoms with Crippen LogP contribution in [0.3, 0.4) is 0 Å². The minimum Gasteiger partial charge on any atom is -0.486 e. The molecular formula is C24H29N5O2S2. The van der Waals surface area contributed by atoms with Crippen molar-refractivity contribution in [1.29, 1.82) is 0 Å². The number of thioether (sulfide) groups is 1. The second-order valence-corrected chi connectivity index (χ2v) is 10.6. The van der Waals surface area contributed by atoms with Crippen molar-refractivity contribution >= 4 is 33.3 Å². The largest absolute Gasteiger partial charge is 0.486 e. The van der Waals surface area contributed by atoms with Crippen molar-refractivity contribution in [3.63, 3.8) is 0 Å². The van der Waals surface area contributed by atoms with Crippen molar-refractivity contribution in [1.82, 2.24) is 24.7 Å². The number of hydrogen-bond acceptors (Lipinski definition) is 7. The molecule has 1 N–H and O–H groups in total. The number of aromatic nitrogens is 5. The van der Waals surface area contributed by atoms with E-state index in [0.717, 1.165) is 45.0 Å². The quantitative estimate of drug-likeness (QED) is 0.326. The first-order valence-electron chi connectivity index (χ1n) is 11.1. The maximum atomic E-state index is 12.6. The average Bonchev–Trinajstić information content (AvgIpc) is 3.30. The number of nitrogens with one attached hydrogen (secondary N) is 1. The number of fused-ring (bicyclic) bond motifs is 1. The molecule has 0 saturated heterocycles. The van der Waals surface area contributed by atoms with Gasteiger partial charge in [-0.15, -0.1) is 21.5 Å². The fourth-order valence-corrected chi connectivity index (χ4v) is 5.44. The zero-order valence-electron chi connectivity index (χ0n) is 19.6. The van der Waals surface area contributed by atoms with Crippen LogP contribution in [-0.2, 0) is 25.3 Å². The van der Waals surface area contributed by atoms with Crippen LogP contribution in [0.1, 0.15) is 48.4 Å². The summed E-state index contributed by atoms with van der Waals surface area (Å²) in [7, 11) is 0. The van der Waals surface area contributed by atoms with Gasteiger partial charge in [0, 0.05) is 11.4 Å². The van der Waals surface area contributed by atoms with Crippen LogP contribution in [0.15, 0.2) is 34.2 Å². The van der Waals surface area contributed by atoms with E-state index in [1.807, 2.05) is 26.0 Å². The summed E-state index contributed by atoms with van der Waals surface area (Å²) >= 11 is 3.08. The smallest absolute Gasteiger partial charge is 0.259 e. The summed E-state index contributed by atoms with van der Waals surface area (Å²) in [5.74, 6) is 3.18. The van der Waals surface area contributed by atoms with Gasteiger partial charge in [-0.25, -0.2) is 4.98 Å². The molecule has 0 amide bonds. The molecule has 0 aliphatic heterocycles. The Hall–Kier alpha value is -2.65. The van der Waals surface area contributed by atoms with Crippen LogP contribution in [0.5, 0.6) is 5.75 Å². The van der Waals surface area contributed by atoms with E-state index >= 15 is 0 Å². The van der Waals surface area contributed by atoms with Crippen molar-refractivity contribution in [2.24, 2.45) is 5.92 Å². The molecule has 4 aromatic rings. The molecule has 9 heteroatoms. The standard InChI is InChI=1S/C24H29N5O2S2/c1-6-17-7-9-18(10-8-17)31-12-20-27-28-24(29(20)11-14(2)3)32-13-19-25-22(30)21-15(4)16(5)33-23(21)26-19/h7-10,14H,6,11-13H2,1-5H3,(H,25,26,30). The topological polar surface area (TPSA) is 85.7 Å². The molecule has 0 atom stereocenters. The molecule has 3 aromatic heterocycles. The summed E-state index contributed by atoms with van der Waals surface area (Å²) in [5.41, 5.74) is 2.21. The fraction of sp³-hybridized carbons (Fsp3) is 0.417. The highest BCUT2D eigenvalue weighted by molar-refractivity contribution is 7.98. The molecule has 0 unspecified atom stereocenters. The molecule has 0 spiro atoms. The molecule has 0 saturated carbocycles. The number of thiophene rings is 1. The van der Waals surface area contributed by atoms with Crippen LogP contribution < -0.4 is 10.3 Å². The number of aryl methyl sites for hydroxylation is 3. The van der Waals surface area contributed by atoms with Crippen LogP contribution in [-0.4, -0.2) is 24.7 Å². The molecule has 0 aliphatic rings.